The van der Waals surface area contributed by atoms with Gasteiger partial charge in [-0.15, -0.1) is 0 Å². The van der Waals surface area contributed by atoms with Crippen LogP contribution in [-0.2, 0) is 4.79 Å². The lowest BCUT2D eigenvalue weighted by molar-refractivity contribution is -0.134. The molecule has 0 aromatic rings. The van der Waals surface area contributed by atoms with Gasteiger partial charge in [0.25, 0.3) is 0 Å². The number of nitrogens with one attached hydrogen (secondary N) is 1. The summed E-state index contributed by atoms with van der Waals surface area (Å²) in [4.78, 5) is 13.8. The predicted octanol–water partition coefficient (Wildman–Crippen LogP) is 0.384. The summed E-state index contributed by atoms with van der Waals surface area (Å²) in [5, 5.41) is 3.27. The van der Waals surface area contributed by atoms with Crippen molar-refractivity contribution in [1.29, 1.82) is 0 Å². The summed E-state index contributed by atoms with van der Waals surface area (Å²) in [5.41, 5.74) is 0. The van der Waals surface area contributed by atoms with E-state index in [1.54, 1.807) is 0 Å². The van der Waals surface area contributed by atoms with Crippen molar-refractivity contribution < 1.29 is 4.79 Å². The Morgan fingerprint density at radius 3 is 2.77 bits per heavy atom. The number of hydrogen-bond donors (Lipinski definition) is 1. The molecule has 1 N–H and O–H groups in total. The van der Waals surface area contributed by atoms with E-state index >= 15 is 0 Å². The molecular weight excluding hydrogens is 164 g/mol. The van der Waals surface area contributed by atoms with Crippen LogP contribution < -0.4 is 5.32 Å². The molecule has 13 heavy (non-hydrogen) atoms. The van der Waals surface area contributed by atoms with Crippen molar-refractivity contribution in [2.75, 3.05) is 26.2 Å². The van der Waals surface area contributed by atoms with E-state index in [4.69, 9.17) is 0 Å². The van der Waals surface area contributed by atoms with Crippen LogP contribution in [0.15, 0.2) is 12.2 Å². The van der Waals surface area contributed by atoms with E-state index in [1.807, 2.05) is 4.90 Å². The first-order valence-electron chi connectivity index (χ1n) is 5.02. The lowest BCUT2D eigenvalue weighted by Gasteiger charge is -2.26. The van der Waals surface area contributed by atoms with Gasteiger partial charge in [-0.25, -0.2) is 0 Å². The number of amides is 1. The second kappa shape index (κ2) is 3.92. The van der Waals surface area contributed by atoms with E-state index in [0.717, 1.165) is 39.0 Å². The molecule has 0 spiro atoms. The topological polar surface area (TPSA) is 32.3 Å². The zero-order valence-corrected chi connectivity index (χ0v) is 7.83. The molecule has 2 rings (SSSR count). The standard InChI is InChI=1S/C10H16N2O/c13-10(12-6-1-2-7-12)9-4-3-5-11-8-9/h1-2,9,11H,3-8H2. The molecule has 0 saturated carbocycles. The molecule has 1 fully saturated rings. The van der Waals surface area contributed by atoms with Crippen molar-refractivity contribution in [3.63, 3.8) is 0 Å². The Morgan fingerprint density at radius 2 is 2.15 bits per heavy atom. The van der Waals surface area contributed by atoms with Crippen LogP contribution in [-0.4, -0.2) is 37.0 Å². The first-order chi connectivity index (χ1) is 6.38. The van der Waals surface area contributed by atoms with Gasteiger partial charge in [-0.1, -0.05) is 12.2 Å². The lowest BCUT2D eigenvalue weighted by Crippen LogP contribution is -2.42. The first kappa shape index (κ1) is 8.75. The van der Waals surface area contributed by atoms with Gasteiger partial charge in [-0.3, -0.25) is 4.79 Å². The Hall–Kier alpha value is -0.830. The number of hydrogen-bond acceptors (Lipinski definition) is 2. The van der Waals surface area contributed by atoms with E-state index in [0.29, 0.717) is 5.91 Å². The highest BCUT2D eigenvalue weighted by Crippen LogP contribution is 2.14. The van der Waals surface area contributed by atoms with Crippen molar-refractivity contribution in [2.24, 2.45) is 5.92 Å². The van der Waals surface area contributed by atoms with E-state index in [2.05, 4.69) is 17.5 Å². The molecular formula is C10H16N2O. The average molecular weight is 180 g/mol. The Labute approximate surface area is 78.8 Å². The highest BCUT2D eigenvalue weighted by molar-refractivity contribution is 5.79. The van der Waals surface area contributed by atoms with E-state index < -0.39 is 0 Å². The summed E-state index contributed by atoms with van der Waals surface area (Å²) < 4.78 is 0. The zero-order chi connectivity index (χ0) is 9.10. The quantitative estimate of drug-likeness (QED) is 0.592. The normalized spacial score (nSPS) is 28.0. The molecule has 1 saturated heterocycles. The summed E-state index contributed by atoms with van der Waals surface area (Å²) in [7, 11) is 0. The van der Waals surface area contributed by atoms with Crippen LogP contribution in [0.1, 0.15) is 12.8 Å². The third-order valence-corrected chi connectivity index (χ3v) is 2.78. The SMILES string of the molecule is O=C(C1CCCNC1)N1CC=CC1. The van der Waals surface area contributed by atoms with Crippen LogP contribution in [0.4, 0.5) is 0 Å². The van der Waals surface area contributed by atoms with Crippen LogP contribution in [0.25, 0.3) is 0 Å². The fraction of sp³-hybridized carbons (Fsp3) is 0.700. The summed E-state index contributed by atoms with van der Waals surface area (Å²) >= 11 is 0. The predicted molar refractivity (Wildman–Crippen MR) is 51.3 cm³/mol. The maximum absolute atomic E-state index is 11.8. The lowest BCUT2D eigenvalue weighted by atomic mass is 9.98. The monoisotopic (exact) mass is 180 g/mol. The smallest absolute Gasteiger partial charge is 0.227 e. The second-order valence-electron chi connectivity index (χ2n) is 3.76. The average Bonchev–Trinajstić information content (AvgIpc) is 2.71. The van der Waals surface area contributed by atoms with Crippen LogP contribution >= 0.6 is 0 Å². The summed E-state index contributed by atoms with van der Waals surface area (Å²) in [6.07, 6.45) is 6.32. The molecule has 1 atom stereocenters. The van der Waals surface area contributed by atoms with Gasteiger partial charge in [-0.2, -0.15) is 0 Å². The molecule has 1 amide bonds. The maximum Gasteiger partial charge on any atom is 0.227 e. The molecule has 72 valence electrons. The van der Waals surface area contributed by atoms with Crippen molar-refractivity contribution in [1.82, 2.24) is 10.2 Å². The fourth-order valence-electron chi connectivity index (χ4n) is 1.98. The Kier molecular flexibility index (Phi) is 2.64. The number of piperidine rings is 1. The van der Waals surface area contributed by atoms with Gasteiger partial charge in [0.05, 0.1) is 5.92 Å². The van der Waals surface area contributed by atoms with E-state index in [9.17, 15) is 4.79 Å². The number of carbonyl (C=O) groups excluding carboxylic acids is 1. The minimum Gasteiger partial charge on any atom is -0.335 e. The molecule has 2 aliphatic heterocycles. The fourth-order valence-corrected chi connectivity index (χ4v) is 1.98. The van der Waals surface area contributed by atoms with Crippen molar-refractivity contribution >= 4 is 5.91 Å². The summed E-state index contributed by atoms with van der Waals surface area (Å²) in [6.45, 7) is 3.57. The molecule has 2 heterocycles. The van der Waals surface area contributed by atoms with Crippen molar-refractivity contribution in [3.05, 3.63) is 12.2 Å². The second-order valence-corrected chi connectivity index (χ2v) is 3.76. The zero-order valence-electron chi connectivity index (χ0n) is 7.83. The third-order valence-electron chi connectivity index (χ3n) is 2.78. The molecule has 0 aromatic heterocycles. The Morgan fingerprint density at radius 1 is 1.38 bits per heavy atom. The van der Waals surface area contributed by atoms with Crippen molar-refractivity contribution in [2.45, 2.75) is 12.8 Å². The first-order valence-corrected chi connectivity index (χ1v) is 5.02. The molecule has 3 nitrogen and oxygen atoms in total. The Balaban J connectivity index is 1.88. The van der Waals surface area contributed by atoms with Gasteiger partial charge in [0.1, 0.15) is 0 Å². The van der Waals surface area contributed by atoms with Crippen LogP contribution in [0.5, 0.6) is 0 Å². The van der Waals surface area contributed by atoms with Gasteiger partial charge in [0.2, 0.25) is 5.91 Å². The molecule has 0 radical (unpaired) electrons. The van der Waals surface area contributed by atoms with Gasteiger partial charge in [-0.05, 0) is 19.4 Å². The number of rotatable bonds is 1. The summed E-state index contributed by atoms with van der Waals surface area (Å²) in [5.74, 6) is 0.561. The Bertz CT molecular complexity index is 211. The number of carbonyl (C=O) groups is 1. The van der Waals surface area contributed by atoms with Crippen LogP contribution in [0.2, 0.25) is 0 Å². The number of nitrogens with zero attached hydrogens (tertiary/aromatic N) is 1. The van der Waals surface area contributed by atoms with E-state index in [-0.39, 0.29) is 5.92 Å². The van der Waals surface area contributed by atoms with Crippen LogP contribution in [0.3, 0.4) is 0 Å². The van der Waals surface area contributed by atoms with E-state index in [1.165, 1.54) is 0 Å². The maximum atomic E-state index is 11.8. The molecule has 0 aliphatic carbocycles. The highest BCUT2D eigenvalue weighted by atomic mass is 16.2. The van der Waals surface area contributed by atoms with Crippen LogP contribution in [0, 0.1) is 5.92 Å². The van der Waals surface area contributed by atoms with Crippen molar-refractivity contribution in [3.8, 4) is 0 Å². The van der Waals surface area contributed by atoms with Gasteiger partial charge >= 0.3 is 0 Å². The van der Waals surface area contributed by atoms with Gasteiger partial charge in [0.15, 0.2) is 0 Å². The molecule has 1 unspecified atom stereocenters. The molecule has 0 aromatic carbocycles. The van der Waals surface area contributed by atoms with Gasteiger partial charge < -0.3 is 10.2 Å². The largest absolute Gasteiger partial charge is 0.335 e. The molecule has 0 bridgehead atoms. The third kappa shape index (κ3) is 1.91. The minimum absolute atomic E-state index is 0.230. The minimum atomic E-state index is 0.230. The molecule has 2 aliphatic rings. The summed E-state index contributed by atoms with van der Waals surface area (Å²) in [6, 6.07) is 0. The highest BCUT2D eigenvalue weighted by Gasteiger charge is 2.25. The van der Waals surface area contributed by atoms with Gasteiger partial charge in [0, 0.05) is 19.6 Å². The molecule has 3 heteroatoms.